The van der Waals surface area contributed by atoms with Crippen LogP contribution in [0.4, 0.5) is 0 Å². The van der Waals surface area contributed by atoms with Crippen molar-refractivity contribution in [2.24, 2.45) is 11.8 Å². The van der Waals surface area contributed by atoms with E-state index in [9.17, 15) is 4.79 Å². The molecule has 2 heterocycles. The number of rotatable bonds is 4. The van der Waals surface area contributed by atoms with Gasteiger partial charge in [0, 0.05) is 31.7 Å². The zero-order valence-electron chi connectivity index (χ0n) is 10.7. The summed E-state index contributed by atoms with van der Waals surface area (Å²) in [4.78, 5) is 11.9. The Bertz CT molecular complexity index is 252. The molecule has 2 aliphatic heterocycles. The van der Waals surface area contributed by atoms with E-state index >= 15 is 0 Å². The van der Waals surface area contributed by atoms with Gasteiger partial charge in [-0.3, -0.25) is 4.79 Å². The van der Waals surface area contributed by atoms with E-state index in [1.54, 1.807) is 0 Å². The molecule has 3 unspecified atom stereocenters. The number of amides is 1. The molecule has 0 aromatic rings. The lowest BCUT2D eigenvalue weighted by atomic mass is 9.92. The third-order valence-corrected chi connectivity index (χ3v) is 3.87. The van der Waals surface area contributed by atoms with Gasteiger partial charge >= 0.3 is 0 Å². The van der Waals surface area contributed by atoms with Gasteiger partial charge in [-0.05, 0) is 45.1 Å². The second-order valence-corrected chi connectivity index (χ2v) is 5.39. The molecule has 2 aliphatic rings. The summed E-state index contributed by atoms with van der Waals surface area (Å²) >= 11 is 0. The monoisotopic (exact) mass is 240 g/mol. The summed E-state index contributed by atoms with van der Waals surface area (Å²) in [6.45, 7) is 5.70. The average Bonchev–Trinajstić information content (AvgIpc) is 2.82. The zero-order valence-corrected chi connectivity index (χ0v) is 10.7. The molecule has 2 N–H and O–H groups in total. The van der Waals surface area contributed by atoms with Crippen LogP contribution >= 0.6 is 0 Å². The Labute approximate surface area is 103 Å². The highest BCUT2D eigenvalue weighted by Crippen LogP contribution is 2.17. The lowest BCUT2D eigenvalue weighted by Crippen LogP contribution is -2.42. The number of hydrogen-bond acceptors (Lipinski definition) is 3. The Hall–Kier alpha value is -0.610. The SMILES string of the molecule is CC1CC(C(=O)NCCC2CCOC2)CCN1. The minimum absolute atomic E-state index is 0.214. The van der Waals surface area contributed by atoms with Gasteiger partial charge in [0.25, 0.3) is 0 Å². The van der Waals surface area contributed by atoms with Crippen LogP contribution < -0.4 is 10.6 Å². The summed E-state index contributed by atoms with van der Waals surface area (Å²) in [6, 6.07) is 0.475. The topological polar surface area (TPSA) is 50.4 Å². The van der Waals surface area contributed by atoms with Gasteiger partial charge in [0.15, 0.2) is 0 Å². The van der Waals surface area contributed by atoms with Crippen molar-refractivity contribution in [3.63, 3.8) is 0 Å². The normalized spacial score (nSPS) is 33.6. The summed E-state index contributed by atoms with van der Waals surface area (Å²) in [7, 11) is 0. The number of carbonyl (C=O) groups excluding carboxylic acids is 1. The van der Waals surface area contributed by atoms with Crippen molar-refractivity contribution in [1.29, 1.82) is 0 Å². The molecule has 0 aromatic carbocycles. The van der Waals surface area contributed by atoms with Crippen LogP contribution in [0.2, 0.25) is 0 Å². The van der Waals surface area contributed by atoms with Crippen LogP contribution in [0, 0.1) is 11.8 Å². The highest BCUT2D eigenvalue weighted by atomic mass is 16.5. The van der Waals surface area contributed by atoms with Crippen molar-refractivity contribution in [2.75, 3.05) is 26.3 Å². The fourth-order valence-corrected chi connectivity index (χ4v) is 2.72. The summed E-state index contributed by atoms with van der Waals surface area (Å²) < 4.78 is 5.32. The first-order chi connectivity index (χ1) is 8.25. The maximum absolute atomic E-state index is 11.9. The molecule has 2 fully saturated rings. The van der Waals surface area contributed by atoms with Crippen molar-refractivity contribution in [1.82, 2.24) is 10.6 Å². The summed E-state index contributed by atoms with van der Waals surface area (Å²) in [6.07, 6.45) is 4.16. The van der Waals surface area contributed by atoms with Crippen molar-refractivity contribution in [2.45, 2.75) is 38.6 Å². The molecule has 0 radical (unpaired) electrons. The van der Waals surface area contributed by atoms with E-state index in [-0.39, 0.29) is 11.8 Å². The molecule has 0 saturated carbocycles. The standard InChI is InChI=1S/C13H24N2O2/c1-10-8-12(3-6-14-10)13(16)15-5-2-11-4-7-17-9-11/h10-12,14H,2-9H2,1H3,(H,15,16). The lowest BCUT2D eigenvalue weighted by Gasteiger charge is -2.27. The van der Waals surface area contributed by atoms with Crippen LogP contribution in [-0.2, 0) is 9.53 Å². The zero-order chi connectivity index (χ0) is 12.1. The Morgan fingerprint density at radius 3 is 3.06 bits per heavy atom. The molecule has 2 rings (SSSR count). The van der Waals surface area contributed by atoms with Crippen LogP contribution in [0.3, 0.4) is 0 Å². The highest BCUT2D eigenvalue weighted by Gasteiger charge is 2.24. The van der Waals surface area contributed by atoms with Crippen LogP contribution in [0.1, 0.15) is 32.6 Å². The van der Waals surface area contributed by atoms with E-state index in [0.717, 1.165) is 52.0 Å². The Kier molecular flexibility index (Phi) is 4.80. The van der Waals surface area contributed by atoms with E-state index in [2.05, 4.69) is 17.6 Å². The average molecular weight is 240 g/mol. The molecular weight excluding hydrogens is 216 g/mol. The lowest BCUT2D eigenvalue weighted by molar-refractivity contribution is -0.126. The van der Waals surface area contributed by atoms with Crippen molar-refractivity contribution in [3.8, 4) is 0 Å². The van der Waals surface area contributed by atoms with Gasteiger partial charge in [-0.15, -0.1) is 0 Å². The fraction of sp³-hybridized carbons (Fsp3) is 0.923. The van der Waals surface area contributed by atoms with Crippen LogP contribution in [0.25, 0.3) is 0 Å². The van der Waals surface area contributed by atoms with E-state index in [1.807, 2.05) is 0 Å². The molecule has 1 amide bonds. The smallest absolute Gasteiger partial charge is 0.223 e. The molecule has 4 nitrogen and oxygen atoms in total. The molecule has 2 saturated heterocycles. The molecule has 3 atom stereocenters. The van der Waals surface area contributed by atoms with Gasteiger partial charge in [-0.2, -0.15) is 0 Å². The molecule has 0 bridgehead atoms. The third-order valence-electron chi connectivity index (χ3n) is 3.87. The number of ether oxygens (including phenoxy) is 1. The predicted octanol–water partition coefficient (Wildman–Crippen LogP) is 0.917. The maximum Gasteiger partial charge on any atom is 0.223 e. The van der Waals surface area contributed by atoms with E-state index in [0.29, 0.717) is 12.0 Å². The molecule has 17 heavy (non-hydrogen) atoms. The third kappa shape index (κ3) is 3.96. The summed E-state index contributed by atoms with van der Waals surface area (Å²) in [5, 5.41) is 6.45. The summed E-state index contributed by atoms with van der Waals surface area (Å²) in [5.74, 6) is 1.12. The number of carbonyl (C=O) groups is 1. The number of hydrogen-bond donors (Lipinski definition) is 2. The van der Waals surface area contributed by atoms with Gasteiger partial charge in [-0.25, -0.2) is 0 Å². The Balaban J connectivity index is 1.62. The van der Waals surface area contributed by atoms with Crippen LogP contribution in [0.5, 0.6) is 0 Å². The van der Waals surface area contributed by atoms with E-state index in [4.69, 9.17) is 4.74 Å². The van der Waals surface area contributed by atoms with Crippen LogP contribution in [-0.4, -0.2) is 38.3 Å². The quantitative estimate of drug-likeness (QED) is 0.768. The van der Waals surface area contributed by atoms with Crippen molar-refractivity contribution < 1.29 is 9.53 Å². The van der Waals surface area contributed by atoms with E-state index in [1.165, 1.54) is 0 Å². The molecule has 4 heteroatoms. The van der Waals surface area contributed by atoms with Crippen molar-refractivity contribution in [3.05, 3.63) is 0 Å². The molecule has 0 aliphatic carbocycles. The van der Waals surface area contributed by atoms with Gasteiger partial charge in [-0.1, -0.05) is 0 Å². The number of nitrogens with one attached hydrogen (secondary N) is 2. The van der Waals surface area contributed by atoms with Gasteiger partial charge < -0.3 is 15.4 Å². The molecule has 0 aromatic heterocycles. The first-order valence-corrected chi connectivity index (χ1v) is 6.84. The molecule has 98 valence electrons. The van der Waals surface area contributed by atoms with Gasteiger partial charge in [0.05, 0.1) is 0 Å². The molecule has 0 spiro atoms. The number of piperidine rings is 1. The van der Waals surface area contributed by atoms with Gasteiger partial charge in [0.1, 0.15) is 0 Å². The maximum atomic E-state index is 11.9. The van der Waals surface area contributed by atoms with E-state index < -0.39 is 0 Å². The van der Waals surface area contributed by atoms with Crippen molar-refractivity contribution >= 4 is 5.91 Å². The van der Waals surface area contributed by atoms with Crippen LogP contribution in [0.15, 0.2) is 0 Å². The highest BCUT2D eigenvalue weighted by molar-refractivity contribution is 5.78. The largest absolute Gasteiger partial charge is 0.381 e. The minimum atomic E-state index is 0.214. The first-order valence-electron chi connectivity index (χ1n) is 6.84. The minimum Gasteiger partial charge on any atom is -0.381 e. The first kappa shape index (κ1) is 12.8. The Morgan fingerprint density at radius 2 is 2.35 bits per heavy atom. The van der Waals surface area contributed by atoms with Gasteiger partial charge in [0.2, 0.25) is 5.91 Å². The molecular formula is C13H24N2O2. The summed E-state index contributed by atoms with van der Waals surface area (Å²) in [5.41, 5.74) is 0. The Morgan fingerprint density at radius 1 is 1.47 bits per heavy atom. The predicted molar refractivity (Wildman–Crippen MR) is 66.7 cm³/mol. The second kappa shape index (κ2) is 6.36. The second-order valence-electron chi connectivity index (χ2n) is 5.39. The fourth-order valence-electron chi connectivity index (χ4n) is 2.72.